The van der Waals surface area contributed by atoms with Gasteiger partial charge >= 0.3 is 6.09 Å². The Hall–Kier alpha value is -3.85. The lowest BCUT2D eigenvalue weighted by molar-refractivity contribution is -0.124. The number of fused-ring (bicyclic) bond motifs is 3. The van der Waals surface area contributed by atoms with Crippen LogP contribution in [0.25, 0.3) is 21.8 Å². The van der Waals surface area contributed by atoms with Crippen molar-refractivity contribution in [2.75, 3.05) is 0 Å². The molecule has 10 heteroatoms. The van der Waals surface area contributed by atoms with Crippen LogP contribution in [0.2, 0.25) is 5.02 Å². The Morgan fingerprint density at radius 2 is 1.88 bits per heavy atom. The van der Waals surface area contributed by atoms with E-state index < -0.39 is 17.7 Å². The van der Waals surface area contributed by atoms with Crippen molar-refractivity contribution in [1.29, 1.82) is 0 Å². The molecule has 210 valence electrons. The highest BCUT2D eigenvalue weighted by atomic mass is 35.5. The molecule has 40 heavy (non-hydrogen) atoms. The molecule has 2 aromatic heterocycles. The number of carbonyl (C=O) groups excluding carboxylic acids is 2. The zero-order valence-electron chi connectivity index (χ0n) is 23.0. The highest BCUT2D eigenvalue weighted by Gasteiger charge is 2.32. The maximum atomic E-state index is 13.5. The molecule has 0 aliphatic heterocycles. The second-order valence-electron chi connectivity index (χ2n) is 11.4. The average molecular weight is 565 g/mol. The van der Waals surface area contributed by atoms with E-state index in [1.54, 1.807) is 50.5 Å². The summed E-state index contributed by atoms with van der Waals surface area (Å²) in [4.78, 5) is 39.5. The van der Waals surface area contributed by atoms with E-state index in [9.17, 15) is 14.4 Å². The van der Waals surface area contributed by atoms with Crippen molar-refractivity contribution < 1.29 is 18.8 Å². The minimum Gasteiger partial charge on any atom is -0.444 e. The van der Waals surface area contributed by atoms with Crippen LogP contribution in [0.5, 0.6) is 0 Å². The lowest BCUT2D eigenvalue weighted by Crippen LogP contribution is -2.45. The summed E-state index contributed by atoms with van der Waals surface area (Å²) in [6.07, 6.45) is 1.61. The van der Waals surface area contributed by atoms with Gasteiger partial charge in [0.2, 0.25) is 5.91 Å². The minimum absolute atomic E-state index is 0.101. The Morgan fingerprint density at radius 1 is 1.12 bits per heavy atom. The van der Waals surface area contributed by atoms with Crippen LogP contribution >= 0.6 is 11.6 Å². The van der Waals surface area contributed by atoms with Crippen LogP contribution in [0.3, 0.4) is 0 Å². The molecule has 2 aromatic carbocycles. The summed E-state index contributed by atoms with van der Waals surface area (Å²) in [5.74, 6) is 0.298. The zero-order valence-corrected chi connectivity index (χ0v) is 23.7. The third-order valence-electron chi connectivity index (χ3n) is 7.23. The second-order valence-corrected chi connectivity index (χ2v) is 11.8. The van der Waals surface area contributed by atoms with E-state index >= 15 is 0 Å². The Balaban J connectivity index is 1.33. The van der Waals surface area contributed by atoms with Crippen LogP contribution in [0.1, 0.15) is 57.4 Å². The Bertz CT molecular complexity index is 1620. The van der Waals surface area contributed by atoms with Crippen molar-refractivity contribution in [2.24, 2.45) is 5.92 Å². The summed E-state index contributed by atoms with van der Waals surface area (Å²) in [6, 6.07) is 13.5. The summed E-state index contributed by atoms with van der Waals surface area (Å²) in [5, 5.41) is 11.6. The van der Waals surface area contributed by atoms with Gasteiger partial charge in [-0.2, -0.15) is 0 Å². The first-order valence-electron chi connectivity index (χ1n) is 13.4. The fraction of sp³-hybridized carbons (Fsp3) is 0.400. The number of nitrogens with zero attached hydrogens (tertiary/aromatic N) is 2. The van der Waals surface area contributed by atoms with Gasteiger partial charge in [-0.05, 0) is 70.6 Å². The fourth-order valence-corrected chi connectivity index (χ4v) is 5.74. The van der Waals surface area contributed by atoms with Crippen molar-refractivity contribution in [3.63, 3.8) is 0 Å². The molecule has 2 heterocycles. The summed E-state index contributed by atoms with van der Waals surface area (Å²) < 4.78 is 12.5. The Morgan fingerprint density at radius 3 is 2.60 bits per heavy atom. The number of aromatic nitrogens is 2. The van der Waals surface area contributed by atoms with E-state index in [2.05, 4.69) is 15.8 Å². The first-order chi connectivity index (χ1) is 19.0. The molecule has 0 bridgehead atoms. The zero-order chi connectivity index (χ0) is 28.6. The highest BCUT2D eigenvalue weighted by Crippen LogP contribution is 2.33. The van der Waals surface area contributed by atoms with Gasteiger partial charge in [-0.25, -0.2) is 4.79 Å². The second kappa shape index (κ2) is 11.0. The number of pyridine rings is 1. The summed E-state index contributed by atoms with van der Waals surface area (Å²) >= 11 is 6.53. The third kappa shape index (κ3) is 5.70. The molecule has 9 nitrogen and oxygen atoms in total. The number of aryl methyl sites for hydroxylation is 1. The number of hydrogen-bond donors (Lipinski definition) is 2. The minimum atomic E-state index is -0.900. The van der Waals surface area contributed by atoms with Gasteiger partial charge in [-0.1, -0.05) is 53.2 Å². The van der Waals surface area contributed by atoms with E-state index in [1.807, 2.05) is 30.3 Å². The van der Waals surface area contributed by atoms with Crippen molar-refractivity contribution >= 4 is 45.4 Å². The molecule has 2 N–H and O–H groups in total. The van der Waals surface area contributed by atoms with E-state index in [0.717, 1.165) is 12.8 Å². The van der Waals surface area contributed by atoms with Crippen molar-refractivity contribution in [3.8, 4) is 0 Å². The van der Waals surface area contributed by atoms with E-state index in [4.69, 9.17) is 20.9 Å². The normalized spacial score (nSPS) is 18.1. The van der Waals surface area contributed by atoms with E-state index in [-0.39, 0.29) is 23.4 Å². The Labute approximate surface area is 236 Å². The van der Waals surface area contributed by atoms with Gasteiger partial charge in [0.1, 0.15) is 28.3 Å². The van der Waals surface area contributed by atoms with Gasteiger partial charge in [0.15, 0.2) is 0 Å². The topological polar surface area (TPSA) is 115 Å². The molecular weight excluding hydrogens is 532 g/mol. The Kier molecular flexibility index (Phi) is 7.59. The average Bonchev–Trinajstić information content (AvgIpc) is 3.50. The number of benzene rings is 2. The van der Waals surface area contributed by atoms with Crippen LogP contribution < -0.4 is 16.2 Å². The SMILES string of the molecule is Cc1onc2c1c(=O)n(C[C@H]1CC[C@@H](NC(=O)C(NC(=O)OC(C)(C)C)c3ccccc3)C1)c1cccc(Cl)c21. The monoisotopic (exact) mass is 564 g/mol. The molecule has 0 spiro atoms. The molecule has 0 radical (unpaired) electrons. The van der Waals surface area contributed by atoms with Crippen LogP contribution in [-0.4, -0.2) is 33.4 Å². The molecular formula is C30H33ClN4O5. The quantitative estimate of drug-likeness (QED) is 0.312. The number of halogens is 1. The largest absolute Gasteiger partial charge is 0.444 e. The van der Waals surface area contributed by atoms with Gasteiger partial charge < -0.3 is 24.5 Å². The van der Waals surface area contributed by atoms with Crippen LogP contribution in [0.4, 0.5) is 4.79 Å². The number of carbonyl (C=O) groups is 2. The number of hydrogen-bond acceptors (Lipinski definition) is 6. The first-order valence-corrected chi connectivity index (χ1v) is 13.8. The fourth-order valence-electron chi connectivity index (χ4n) is 5.48. The van der Waals surface area contributed by atoms with Gasteiger partial charge in [0.25, 0.3) is 5.56 Å². The molecule has 1 unspecified atom stereocenters. The lowest BCUT2D eigenvalue weighted by Gasteiger charge is -2.24. The van der Waals surface area contributed by atoms with Crippen LogP contribution in [0, 0.1) is 12.8 Å². The van der Waals surface area contributed by atoms with Gasteiger partial charge in [0.05, 0.1) is 10.5 Å². The maximum absolute atomic E-state index is 13.5. The van der Waals surface area contributed by atoms with Gasteiger partial charge in [-0.3, -0.25) is 9.59 Å². The van der Waals surface area contributed by atoms with Crippen molar-refractivity contribution in [1.82, 2.24) is 20.4 Å². The number of amides is 2. The smallest absolute Gasteiger partial charge is 0.408 e. The van der Waals surface area contributed by atoms with Crippen LogP contribution in [-0.2, 0) is 16.1 Å². The molecule has 1 aliphatic carbocycles. The first kappa shape index (κ1) is 27.7. The number of rotatable bonds is 6. The third-order valence-corrected chi connectivity index (χ3v) is 7.54. The molecule has 1 saturated carbocycles. The highest BCUT2D eigenvalue weighted by molar-refractivity contribution is 6.37. The maximum Gasteiger partial charge on any atom is 0.408 e. The summed E-state index contributed by atoms with van der Waals surface area (Å²) in [6.45, 7) is 7.51. The predicted octanol–water partition coefficient (Wildman–Crippen LogP) is 5.66. The van der Waals surface area contributed by atoms with E-state index in [1.165, 1.54) is 0 Å². The molecule has 3 atom stereocenters. The molecule has 2 amide bonds. The number of nitrogens with one attached hydrogen (secondary N) is 2. The predicted molar refractivity (Wildman–Crippen MR) is 153 cm³/mol. The van der Waals surface area contributed by atoms with E-state index in [0.29, 0.717) is 51.1 Å². The number of alkyl carbamates (subject to hydrolysis) is 1. The van der Waals surface area contributed by atoms with Crippen molar-refractivity contribution in [3.05, 3.63) is 75.2 Å². The summed E-state index contributed by atoms with van der Waals surface area (Å²) in [7, 11) is 0. The standard InChI is InChI=1S/C30H33ClN4O5/c1-17-23-26(34-40-17)24-21(31)11-8-12-22(24)35(28(23)37)16-18-13-14-20(15-18)32-27(36)25(19-9-6-5-7-10-19)33-29(38)39-30(2,3)4/h5-12,18,20,25H,13-16H2,1-4H3,(H,32,36)(H,33,38)/t18-,20+,25?/m0/s1. The van der Waals surface area contributed by atoms with Gasteiger partial charge in [-0.15, -0.1) is 0 Å². The number of ether oxygens (including phenoxy) is 1. The summed E-state index contributed by atoms with van der Waals surface area (Å²) in [5.41, 5.74) is 0.979. The lowest BCUT2D eigenvalue weighted by atomic mass is 10.0. The van der Waals surface area contributed by atoms with Gasteiger partial charge in [0, 0.05) is 18.0 Å². The molecule has 1 fully saturated rings. The van der Waals surface area contributed by atoms with Crippen LogP contribution in [0.15, 0.2) is 57.8 Å². The molecule has 1 aliphatic rings. The van der Waals surface area contributed by atoms with Crippen molar-refractivity contribution in [2.45, 2.75) is 71.2 Å². The molecule has 4 aromatic rings. The molecule has 0 saturated heterocycles. The molecule has 5 rings (SSSR count).